The van der Waals surface area contributed by atoms with Gasteiger partial charge in [0.15, 0.2) is 0 Å². The maximum absolute atomic E-state index is 8.55. The Hall–Kier alpha value is -1.03. The lowest BCUT2D eigenvalue weighted by Gasteiger charge is -2.11. The molecule has 0 amide bonds. The van der Waals surface area contributed by atoms with Crippen molar-refractivity contribution in [1.82, 2.24) is 0 Å². The lowest BCUT2D eigenvalue weighted by atomic mass is 9.94. The molecular weight excluding hydrogens is 158 g/mol. The van der Waals surface area contributed by atoms with Gasteiger partial charge in [-0.05, 0) is 32.6 Å². The fraction of sp³-hybridized carbons (Fsp3) is 0.583. The summed E-state index contributed by atoms with van der Waals surface area (Å²) in [6.07, 6.45) is 5.93. The third kappa shape index (κ3) is 5.25. The number of hydrogen-bond donors (Lipinski definition) is 0. The molecule has 0 aliphatic rings. The smallest absolute Gasteiger partial charge is 0.0911 e. The summed E-state index contributed by atoms with van der Waals surface area (Å²) in [5.41, 5.74) is 2.60. The van der Waals surface area contributed by atoms with Crippen LogP contribution in [0.4, 0.5) is 0 Å². The number of nitriles is 1. The molecule has 0 aromatic heterocycles. The van der Waals surface area contributed by atoms with Crippen LogP contribution in [0.5, 0.6) is 0 Å². The molecule has 72 valence electrons. The van der Waals surface area contributed by atoms with Crippen molar-refractivity contribution in [3.05, 3.63) is 23.3 Å². The van der Waals surface area contributed by atoms with Crippen LogP contribution in [0.1, 0.15) is 40.5 Å². The normalized spacial score (nSPS) is 13.3. The highest BCUT2D eigenvalue weighted by atomic mass is 14.2. The predicted molar refractivity (Wildman–Crippen MR) is 57.2 cm³/mol. The maximum Gasteiger partial charge on any atom is 0.0911 e. The number of allylic oxidation sites excluding steroid dienone is 4. The van der Waals surface area contributed by atoms with Crippen LogP contribution in [-0.2, 0) is 0 Å². The molecule has 0 heterocycles. The molecule has 1 atom stereocenters. The summed E-state index contributed by atoms with van der Waals surface area (Å²) in [6, 6.07) is 2.10. The van der Waals surface area contributed by atoms with Gasteiger partial charge in [0.25, 0.3) is 0 Å². The molecule has 0 saturated carbocycles. The number of rotatable bonds is 4. The van der Waals surface area contributed by atoms with Gasteiger partial charge in [-0.2, -0.15) is 5.26 Å². The van der Waals surface area contributed by atoms with E-state index in [4.69, 9.17) is 5.26 Å². The zero-order valence-electron chi connectivity index (χ0n) is 9.09. The quantitative estimate of drug-likeness (QED) is 0.473. The van der Waals surface area contributed by atoms with Crippen LogP contribution in [0.25, 0.3) is 0 Å². The minimum Gasteiger partial charge on any atom is -0.193 e. The first-order valence-corrected chi connectivity index (χ1v) is 4.83. The molecule has 0 bridgehead atoms. The zero-order valence-corrected chi connectivity index (χ0v) is 9.09. The molecule has 0 radical (unpaired) electrons. The van der Waals surface area contributed by atoms with Crippen molar-refractivity contribution in [3.63, 3.8) is 0 Å². The van der Waals surface area contributed by atoms with E-state index in [9.17, 15) is 0 Å². The Morgan fingerprint density at radius 2 is 2.08 bits per heavy atom. The van der Waals surface area contributed by atoms with E-state index in [2.05, 4.69) is 39.8 Å². The van der Waals surface area contributed by atoms with Crippen molar-refractivity contribution in [2.45, 2.75) is 40.5 Å². The molecule has 0 fully saturated rings. The summed E-state index contributed by atoms with van der Waals surface area (Å²) in [5.74, 6) is 0.500. The van der Waals surface area contributed by atoms with Crippen molar-refractivity contribution < 1.29 is 0 Å². The molecule has 0 N–H and O–H groups in total. The molecule has 0 aliphatic carbocycles. The minimum absolute atomic E-state index is 0.500. The molecule has 0 spiro atoms. The second-order valence-electron chi connectivity index (χ2n) is 3.62. The summed E-state index contributed by atoms with van der Waals surface area (Å²) in [4.78, 5) is 0. The standard InChI is InChI=1S/C12H19N/c1-5-12(8-9-13)11(4)7-6-10(2)3/h6,8,11H,5,7H2,1-4H3. The van der Waals surface area contributed by atoms with Crippen LogP contribution in [-0.4, -0.2) is 0 Å². The van der Waals surface area contributed by atoms with Gasteiger partial charge in [0.2, 0.25) is 0 Å². The monoisotopic (exact) mass is 177 g/mol. The van der Waals surface area contributed by atoms with Crippen LogP contribution < -0.4 is 0 Å². The van der Waals surface area contributed by atoms with Crippen molar-refractivity contribution in [2.24, 2.45) is 5.92 Å². The van der Waals surface area contributed by atoms with Gasteiger partial charge < -0.3 is 0 Å². The molecule has 0 aromatic rings. The van der Waals surface area contributed by atoms with Crippen LogP contribution in [0, 0.1) is 17.2 Å². The van der Waals surface area contributed by atoms with E-state index in [1.165, 1.54) is 11.1 Å². The first-order valence-electron chi connectivity index (χ1n) is 4.83. The topological polar surface area (TPSA) is 23.8 Å². The Balaban J connectivity index is 4.25. The SMILES string of the molecule is CCC(=CC#N)C(C)CC=C(C)C. The second-order valence-corrected chi connectivity index (χ2v) is 3.62. The fourth-order valence-electron chi connectivity index (χ4n) is 1.24. The summed E-state index contributed by atoms with van der Waals surface area (Å²) in [6.45, 7) is 8.48. The highest BCUT2D eigenvalue weighted by Gasteiger charge is 2.04. The predicted octanol–water partition coefficient (Wildman–Crippen LogP) is 3.84. The Morgan fingerprint density at radius 3 is 2.46 bits per heavy atom. The second kappa shape index (κ2) is 6.48. The molecule has 13 heavy (non-hydrogen) atoms. The van der Waals surface area contributed by atoms with Crippen LogP contribution >= 0.6 is 0 Å². The Labute approximate surface area is 81.8 Å². The van der Waals surface area contributed by atoms with Gasteiger partial charge in [-0.15, -0.1) is 0 Å². The first kappa shape index (κ1) is 12.0. The van der Waals surface area contributed by atoms with Gasteiger partial charge >= 0.3 is 0 Å². The zero-order chi connectivity index (χ0) is 10.3. The highest BCUT2D eigenvalue weighted by molar-refractivity contribution is 5.16. The van der Waals surface area contributed by atoms with Gasteiger partial charge in [0.05, 0.1) is 6.07 Å². The van der Waals surface area contributed by atoms with E-state index in [0.717, 1.165) is 12.8 Å². The van der Waals surface area contributed by atoms with Crippen LogP contribution in [0.3, 0.4) is 0 Å². The molecule has 1 nitrogen and oxygen atoms in total. The van der Waals surface area contributed by atoms with Crippen LogP contribution in [0.2, 0.25) is 0 Å². The molecule has 1 unspecified atom stereocenters. The van der Waals surface area contributed by atoms with E-state index in [-0.39, 0.29) is 0 Å². The lowest BCUT2D eigenvalue weighted by Crippen LogP contribution is -1.97. The molecular formula is C12H19N. The third-order valence-corrected chi connectivity index (χ3v) is 2.17. The van der Waals surface area contributed by atoms with Gasteiger partial charge in [-0.1, -0.05) is 31.1 Å². The van der Waals surface area contributed by atoms with Crippen molar-refractivity contribution in [1.29, 1.82) is 5.26 Å². The largest absolute Gasteiger partial charge is 0.193 e. The van der Waals surface area contributed by atoms with E-state index in [1.807, 2.05) is 0 Å². The summed E-state index contributed by atoms with van der Waals surface area (Å²) in [7, 11) is 0. The van der Waals surface area contributed by atoms with Gasteiger partial charge in [-0.3, -0.25) is 0 Å². The lowest BCUT2D eigenvalue weighted by molar-refractivity contribution is 0.666. The fourth-order valence-corrected chi connectivity index (χ4v) is 1.24. The maximum atomic E-state index is 8.55. The average Bonchev–Trinajstić information content (AvgIpc) is 2.10. The van der Waals surface area contributed by atoms with Crippen molar-refractivity contribution >= 4 is 0 Å². The highest BCUT2D eigenvalue weighted by Crippen LogP contribution is 2.18. The molecule has 1 heteroatoms. The summed E-state index contributed by atoms with van der Waals surface area (Å²) in [5, 5.41) is 8.55. The minimum atomic E-state index is 0.500. The molecule has 0 aromatic carbocycles. The first-order chi connectivity index (χ1) is 6.11. The van der Waals surface area contributed by atoms with E-state index < -0.39 is 0 Å². The summed E-state index contributed by atoms with van der Waals surface area (Å²) < 4.78 is 0. The molecule has 0 saturated heterocycles. The molecule has 0 aliphatic heterocycles. The van der Waals surface area contributed by atoms with Gasteiger partial charge in [0, 0.05) is 6.08 Å². The number of hydrogen-bond acceptors (Lipinski definition) is 1. The third-order valence-electron chi connectivity index (χ3n) is 2.17. The summed E-state index contributed by atoms with van der Waals surface area (Å²) >= 11 is 0. The Bertz CT molecular complexity index is 236. The van der Waals surface area contributed by atoms with Gasteiger partial charge in [0.1, 0.15) is 0 Å². The van der Waals surface area contributed by atoms with Crippen molar-refractivity contribution in [2.75, 3.05) is 0 Å². The number of nitrogens with zero attached hydrogens (tertiary/aromatic N) is 1. The Kier molecular flexibility index (Phi) is 5.97. The average molecular weight is 177 g/mol. The molecule has 0 rings (SSSR count). The Morgan fingerprint density at radius 1 is 1.46 bits per heavy atom. The van der Waals surface area contributed by atoms with Crippen LogP contribution in [0.15, 0.2) is 23.3 Å². The van der Waals surface area contributed by atoms with E-state index in [1.54, 1.807) is 6.08 Å². The van der Waals surface area contributed by atoms with E-state index >= 15 is 0 Å². The van der Waals surface area contributed by atoms with E-state index in [0.29, 0.717) is 5.92 Å². The van der Waals surface area contributed by atoms with Gasteiger partial charge in [-0.25, -0.2) is 0 Å². The van der Waals surface area contributed by atoms with Crippen molar-refractivity contribution in [3.8, 4) is 6.07 Å².